The molecular weight excluding hydrogens is 308 g/mol. The van der Waals surface area contributed by atoms with Gasteiger partial charge in [-0.25, -0.2) is 4.79 Å². The van der Waals surface area contributed by atoms with E-state index in [1.807, 2.05) is 42.1 Å². The number of nitrogens with zero attached hydrogens (tertiary/aromatic N) is 1. The van der Waals surface area contributed by atoms with E-state index >= 15 is 0 Å². The van der Waals surface area contributed by atoms with Gasteiger partial charge in [-0.2, -0.15) is 0 Å². The average molecular weight is 326 g/mol. The number of carbonyl (C=O) groups is 2. The first-order chi connectivity index (χ1) is 11.6. The molecule has 0 radical (unpaired) electrons. The molecule has 7 nitrogen and oxygen atoms in total. The van der Waals surface area contributed by atoms with Crippen molar-refractivity contribution < 1.29 is 14.0 Å². The number of anilines is 1. The second-order valence-corrected chi connectivity index (χ2v) is 5.28. The molecule has 0 aliphatic heterocycles. The smallest absolute Gasteiger partial charge is 0.319 e. The summed E-state index contributed by atoms with van der Waals surface area (Å²) in [6, 6.07) is 10.6. The normalized spacial score (nSPS) is 10.5. The van der Waals surface area contributed by atoms with Gasteiger partial charge in [-0.3, -0.25) is 4.79 Å². The SMILES string of the molecule is Cn1ccc2c(NC(=O)NCCNC(=O)c3ccco3)cccc21. The highest BCUT2D eigenvalue weighted by Gasteiger charge is 2.09. The summed E-state index contributed by atoms with van der Waals surface area (Å²) in [7, 11) is 1.95. The van der Waals surface area contributed by atoms with E-state index in [0.29, 0.717) is 13.1 Å². The fourth-order valence-electron chi connectivity index (χ4n) is 2.42. The van der Waals surface area contributed by atoms with Crippen LogP contribution in [0.4, 0.5) is 10.5 Å². The number of hydrogen-bond acceptors (Lipinski definition) is 3. The van der Waals surface area contributed by atoms with Gasteiger partial charge in [0.2, 0.25) is 0 Å². The van der Waals surface area contributed by atoms with Crippen LogP contribution in [0.3, 0.4) is 0 Å². The molecule has 0 fully saturated rings. The van der Waals surface area contributed by atoms with Crippen LogP contribution in [0, 0.1) is 0 Å². The average Bonchev–Trinajstić information content (AvgIpc) is 3.23. The van der Waals surface area contributed by atoms with Crippen LogP contribution in [0.5, 0.6) is 0 Å². The zero-order chi connectivity index (χ0) is 16.9. The lowest BCUT2D eigenvalue weighted by Gasteiger charge is -2.09. The third kappa shape index (κ3) is 3.40. The Hall–Kier alpha value is -3.22. The standard InChI is InChI=1S/C17H18N4O3/c1-21-10-7-12-13(4-2-5-14(12)21)20-17(23)19-9-8-18-16(22)15-6-3-11-24-15/h2-7,10-11H,8-9H2,1H3,(H,18,22)(H2,19,20,23). The second-order valence-electron chi connectivity index (χ2n) is 5.28. The van der Waals surface area contributed by atoms with Crippen molar-refractivity contribution in [3.8, 4) is 0 Å². The molecule has 3 aromatic rings. The molecule has 0 atom stereocenters. The zero-order valence-electron chi connectivity index (χ0n) is 13.2. The van der Waals surface area contributed by atoms with Crippen LogP contribution in [0.25, 0.3) is 10.9 Å². The molecular formula is C17H18N4O3. The summed E-state index contributed by atoms with van der Waals surface area (Å²) in [5.74, 6) is -0.0635. The molecule has 24 heavy (non-hydrogen) atoms. The quantitative estimate of drug-likeness (QED) is 0.629. The van der Waals surface area contributed by atoms with Gasteiger partial charge in [-0.1, -0.05) is 6.07 Å². The van der Waals surface area contributed by atoms with Crippen molar-refractivity contribution in [1.82, 2.24) is 15.2 Å². The second kappa shape index (κ2) is 6.91. The lowest BCUT2D eigenvalue weighted by Crippen LogP contribution is -2.36. The summed E-state index contributed by atoms with van der Waals surface area (Å²) in [4.78, 5) is 23.6. The summed E-state index contributed by atoms with van der Waals surface area (Å²) >= 11 is 0. The molecule has 0 spiro atoms. The van der Waals surface area contributed by atoms with Crippen molar-refractivity contribution in [2.24, 2.45) is 7.05 Å². The Morgan fingerprint density at radius 2 is 1.92 bits per heavy atom. The molecule has 7 heteroatoms. The van der Waals surface area contributed by atoms with E-state index < -0.39 is 0 Å². The molecule has 2 aromatic heterocycles. The minimum absolute atomic E-state index is 0.246. The predicted molar refractivity (Wildman–Crippen MR) is 91.0 cm³/mol. The third-order valence-corrected chi connectivity index (χ3v) is 3.62. The number of hydrogen-bond donors (Lipinski definition) is 3. The number of furan rings is 1. The number of fused-ring (bicyclic) bond motifs is 1. The van der Waals surface area contributed by atoms with Crippen molar-refractivity contribution in [2.75, 3.05) is 18.4 Å². The number of rotatable bonds is 5. The number of nitrogens with one attached hydrogen (secondary N) is 3. The van der Waals surface area contributed by atoms with Gasteiger partial charge in [0.25, 0.3) is 5.91 Å². The third-order valence-electron chi connectivity index (χ3n) is 3.62. The lowest BCUT2D eigenvalue weighted by atomic mass is 10.2. The van der Waals surface area contributed by atoms with Crippen LogP contribution in [0.1, 0.15) is 10.6 Å². The van der Waals surface area contributed by atoms with E-state index in [-0.39, 0.29) is 17.7 Å². The first-order valence-corrected chi connectivity index (χ1v) is 7.56. The molecule has 0 unspecified atom stereocenters. The van der Waals surface area contributed by atoms with Crippen molar-refractivity contribution in [3.63, 3.8) is 0 Å². The maximum Gasteiger partial charge on any atom is 0.319 e. The molecule has 3 N–H and O–H groups in total. The Morgan fingerprint density at radius 3 is 2.71 bits per heavy atom. The fourth-order valence-corrected chi connectivity index (χ4v) is 2.42. The Morgan fingerprint density at radius 1 is 1.08 bits per heavy atom. The molecule has 0 bridgehead atoms. The van der Waals surface area contributed by atoms with Crippen LogP contribution in [-0.2, 0) is 7.05 Å². The first-order valence-electron chi connectivity index (χ1n) is 7.56. The first kappa shape index (κ1) is 15.7. The Kier molecular flexibility index (Phi) is 4.51. The number of aryl methyl sites for hydroxylation is 1. The van der Waals surface area contributed by atoms with E-state index in [1.165, 1.54) is 6.26 Å². The van der Waals surface area contributed by atoms with Crippen LogP contribution >= 0.6 is 0 Å². The van der Waals surface area contributed by atoms with Crippen molar-refractivity contribution in [2.45, 2.75) is 0 Å². The van der Waals surface area contributed by atoms with E-state index in [1.54, 1.807) is 12.1 Å². The number of carbonyl (C=O) groups excluding carboxylic acids is 2. The van der Waals surface area contributed by atoms with Crippen LogP contribution in [-0.4, -0.2) is 29.6 Å². The molecule has 124 valence electrons. The van der Waals surface area contributed by atoms with E-state index in [2.05, 4.69) is 16.0 Å². The number of urea groups is 1. The van der Waals surface area contributed by atoms with Crippen molar-refractivity contribution in [1.29, 1.82) is 0 Å². The Balaban J connectivity index is 1.48. The van der Waals surface area contributed by atoms with Gasteiger partial charge >= 0.3 is 6.03 Å². The summed E-state index contributed by atoms with van der Waals surface area (Å²) < 4.78 is 6.97. The lowest BCUT2D eigenvalue weighted by molar-refractivity contribution is 0.0926. The highest BCUT2D eigenvalue weighted by atomic mass is 16.3. The van der Waals surface area contributed by atoms with E-state index in [4.69, 9.17) is 4.42 Å². The van der Waals surface area contributed by atoms with Crippen LogP contribution in [0.2, 0.25) is 0 Å². The molecule has 1 aromatic carbocycles. The zero-order valence-corrected chi connectivity index (χ0v) is 13.2. The molecule has 0 aliphatic carbocycles. The van der Waals surface area contributed by atoms with Gasteiger partial charge in [0.05, 0.1) is 12.0 Å². The molecule has 0 aliphatic rings. The molecule has 2 heterocycles. The van der Waals surface area contributed by atoms with Gasteiger partial charge < -0.3 is 24.9 Å². The van der Waals surface area contributed by atoms with E-state index in [0.717, 1.165) is 16.6 Å². The van der Waals surface area contributed by atoms with Gasteiger partial charge in [0, 0.05) is 37.2 Å². The topological polar surface area (TPSA) is 88.3 Å². The maximum atomic E-state index is 12.0. The Labute approximate surface area is 138 Å². The Bertz CT molecular complexity index is 852. The predicted octanol–water partition coefficient (Wildman–Crippen LogP) is 2.32. The van der Waals surface area contributed by atoms with Crippen molar-refractivity contribution in [3.05, 3.63) is 54.6 Å². The van der Waals surface area contributed by atoms with Crippen molar-refractivity contribution >= 4 is 28.5 Å². The van der Waals surface area contributed by atoms with Crippen LogP contribution in [0.15, 0.2) is 53.3 Å². The number of aromatic nitrogens is 1. The molecule has 3 amide bonds. The summed E-state index contributed by atoms with van der Waals surface area (Å²) in [5, 5.41) is 9.15. The van der Waals surface area contributed by atoms with Gasteiger partial charge in [-0.15, -0.1) is 0 Å². The minimum Gasteiger partial charge on any atom is -0.459 e. The molecule has 0 saturated heterocycles. The molecule has 3 rings (SSSR count). The minimum atomic E-state index is -0.321. The largest absolute Gasteiger partial charge is 0.459 e. The van der Waals surface area contributed by atoms with Gasteiger partial charge in [-0.05, 0) is 30.3 Å². The highest BCUT2D eigenvalue weighted by molar-refractivity contribution is 6.00. The highest BCUT2D eigenvalue weighted by Crippen LogP contribution is 2.23. The number of amides is 3. The van der Waals surface area contributed by atoms with E-state index in [9.17, 15) is 9.59 Å². The number of benzene rings is 1. The summed E-state index contributed by atoms with van der Waals surface area (Å²) in [6.07, 6.45) is 3.38. The van der Waals surface area contributed by atoms with Crippen LogP contribution < -0.4 is 16.0 Å². The molecule has 0 saturated carbocycles. The monoisotopic (exact) mass is 326 g/mol. The van der Waals surface area contributed by atoms with Gasteiger partial charge in [0.15, 0.2) is 5.76 Å². The maximum absolute atomic E-state index is 12.0. The van der Waals surface area contributed by atoms with Gasteiger partial charge in [0.1, 0.15) is 0 Å². The fraction of sp³-hybridized carbons (Fsp3) is 0.176. The summed E-state index contributed by atoms with van der Waals surface area (Å²) in [6.45, 7) is 0.617. The summed E-state index contributed by atoms with van der Waals surface area (Å²) in [5.41, 5.74) is 1.78.